The largest absolute Gasteiger partial charge is 0.324 e. The van der Waals surface area contributed by atoms with E-state index in [1.54, 1.807) is 0 Å². The molecule has 0 aliphatic heterocycles. The van der Waals surface area contributed by atoms with Crippen LogP contribution in [-0.2, 0) is 0 Å². The van der Waals surface area contributed by atoms with Crippen LogP contribution in [0.3, 0.4) is 0 Å². The fraction of sp³-hybridized carbons (Fsp3) is 0. The molecule has 0 aliphatic rings. The van der Waals surface area contributed by atoms with Gasteiger partial charge in [-0.1, -0.05) is 212 Å². The van der Waals surface area contributed by atoms with Crippen LogP contribution in [0.25, 0.3) is 192 Å². The molecule has 9 heteroatoms. The van der Waals surface area contributed by atoms with Crippen molar-refractivity contribution < 1.29 is 0 Å². The summed E-state index contributed by atoms with van der Waals surface area (Å²) < 4.78 is 7.19. The Labute approximate surface area is 534 Å². The molecule has 1 N–H and O–H groups in total. The third kappa shape index (κ3) is 7.47. The molecule has 8 nitrogen and oxygen atoms in total. The zero-order valence-electron chi connectivity index (χ0n) is 49.6. The number of aromatic amines is 1. The summed E-state index contributed by atoms with van der Waals surface area (Å²) in [6.45, 7) is 0. The van der Waals surface area contributed by atoms with Gasteiger partial charge in [0.2, 0.25) is 16.7 Å². The Balaban J connectivity index is 0.000000107. The van der Waals surface area contributed by atoms with Gasteiger partial charge in [-0.15, -0.1) is 0 Å². The monoisotopic (exact) mass is 1200 g/mol. The van der Waals surface area contributed by atoms with E-state index in [0.29, 0.717) is 5.95 Å². The minimum atomic E-state index is 0.276. The fourth-order valence-electron chi connectivity index (χ4n) is 15.4. The van der Waals surface area contributed by atoms with Crippen molar-refractivity contribution in [3.63, 3.8) is 0 Å². The van der Waals surface area contributed by atoms with Crippen LogP contribution in [0, 0.1) is 6.07 Å². The average molecular weight is 1200 g/mol. The number of aromatic nitrogens is 8. The molecule has 0 saturated carbocycles. The van der Waals surface area contributed by atoms with Gasteiger partial charge in [-0.05, 0) is 88.4 Å². The zero-order valence-corrected chi connectivity index (χ0v) is 50.4. The van der Waals surface area contributed by atoms with E-state index in [9.17, 15) is 0 Å². The number of nitrogens with one attached hydrogen (secondary N) is 1. The molecule has 0 radical (unpaired) electrons. The summed E-state index contributed by atoms with van der Waals surface area (Å²) in [6, 6.07) is 104. The molecule has 0 bridgehead atoms. The van der Waals surface area contributed by atoms with Crippen LogP contribution >= 0.6 is 11.6 Å². The smallest absolute Gasteiger partial charge is 0.235 e. The third-order valence-corrected chi connectivity index (χ3v) is 19.4. The van der Waals surface area contributed by atoms with Crippen molar-refractivity contribution in [2.75, 3.05) is 0 Å². The quantitative estimate of drug-likeness (QED) is 0.109. The minimum absolute atomic E-state index is 0.276. The molecule has 0 aliphatic carbocycles. The Morgan fingerprint density at radius 3 is 1.37 bits per heavy atom. The molecule has 430 valence electrons. The molecule has 8 heterocycles. The summed E-state index contributed by atoms with van der Waals surface area (Å²) in [5.41, 5.74) is 17.7. The first-order chi connectivity index (χ1) is 46.1. The van der Waals surface area contributed by atoms with Crippen LogP contribution in [-0.4, -0.2) is 38.3 Å². The number of benzene rings is 14. The maximum absolute atomic E-state index is 6.15. The lowest BCUT2D eigenvalue weighted by molar-refractivity contribution is 1.02. The summed E-state index contributed by atoms with van der Waals surface area (Å²) in [6.07, 6.45) is 0. The first-order valence-electron chi connectivity index (χ1n) is 31.3. The Morgan fingerprint density at radius 2 is 0.742 bits per heavy atom. The van der Waals surface area contributed by atoms with Crippen LogP contribution in [0.1, 0.15) is 0 Å². The standard InChI is InChI=1S/C42H24N4.C24H13N2.C18H11ClN2/c1-2-12-26(13-3-1)39-32-24-23-25-11-4-5-14-27(25)40(32)44-42(43-39)46-34-20-9-16-29-31-18-8-17-30-28-15-6-7-19-33(28)45(41(30)31)35-21-10-22-36(46)38(35)37(29)34;1-2-12-20-14(6-1)16-8-3-9-17-15-7-4-10-18-22(15)23-19(25-18)11-5-13-21(23)26(20)24(16)17;19-18-20-16(13-7-2-1-3-8-13)15-11-10-12-6-4-5-9-14(12)17(15)21-18/h1-24H;1-9,11-13,25H;1-11H/q;+1;. The molecule has 93 heavy (non-hydrogen) atoms. The SMILES string of the molecule is Clc1nc(-c2ccccc2)c2ccc3ccccc3c2n1.[c+]1ccc2c3cccc4c5ccccc5n(c5cccc6[nH]c1c2c65)c34.c1ccc(-c2nc(-n3c4cccc5c6cccc7c8ccccc8n(c8cccc3c8c54)c67)nc3c2ccc2ccccc23)cc1. The van der Waals surface area contributed by atoms with E-state index in [4.69, 9.17) is 21.6 Å². The first kappa shape index (κ1) is 51.6. The lowest BCUT2D eigenvalue weighted by atomic mass is 10.0. The number of rotatable bonds is 3. The average Bonchev–Trinajstić information content (AvgIpc) is 1.54. The minimum Gasteiger partial charge on any atom is -0.324 e. The molecular formula is C84H48ClN8+. The van der Waals surface area contributed by atoms with Crippen LogP contribution in [0.5, 0.6) is 0 Å². The molecule has 22 rings (SSSR count). The van der Waals surface area contributed by atoms with E-state index in [2.05, 4.69) is 271 Å². The van der Waals surface area contributed by atoms with Gasteiger partial charge in [-0.3, -0.25) is 4.57 Å². The van der Waals surface area contributed by atoms with E-state index < -0.39 is 0 Å². The fourth-order valence-corrected chi connectivity index (χ4v) is 15.6. The highest BCUT2D eigenvalue weighted by molar-refractivity contribution is 6.33. The van der Waals surface area contributed by atoms with Crippen molar-refractivity contribution >= 4 is 175 Å². The lowest BCUT2D eigenvalue weighted by Crippen LogP contribution is -2.04. The summed E-state index contributed by atoms with van der Waals surface area (Å²) in [4.78, 5) is 23.2. The molecular weight excluding hydrogens is 1160 g/mol. The van der Waals surface area contributed by atoms with Gasteiger partial charge in [0.25, 0.3) is 0 Å². The first-order valence-corrected chi connectivity index (χ1v) is 31.7. The van der Waals surface area contributed by atoms with Crippen molar-refractivity contribution in [3.05, 3.63) is 296 Å². The number of H-pyrrole nitrogens is 1. The van der Waals surface area contributed by atoms with Crippen molar-refractivity contribution in [3.8, 4) is 28.5 Å². The van der Waals surface area contributed by atoms with Crippen LogP contribution in [0.15, 0.2) is 285 Å². The van der Waals surface area contributed by atoms with Crippen molar-refractivity contribution in [2.24, 2.45) is 0 Å². The van der Waals surface area contributed by atoms with Gasteiger partial charge in [-0.25, -0.2) is 19.9 Å². The highest BCUT2D eigenvalue weighted by Gasteiger charge is 2.26. The highest BCUT2D eigenvalue weighted by Crippen LogP contribution is 2.46. The normalized spacial score (nSPS) is 12.1. The summed E-state index contributed by atoms with van der Waals surface area (Å²) in [5, 5.41) is 22.1. The second-order valence-corrected chi connectivity index (χ2v) is 24.4. The van der Waals surface area contributed by atoms with E-state index in [1.807, 2.05) is 48.5 Å². The number of hydrogen-bond donors (Lipinski definition) is 1. The molecule has 0 spiro atoms. The molecule has 0 atom stereocenters. The number of nitrogens with zero attached hydrogens (tertiary/aromatic N) is 7. The van der Waals surface area contributed by atoms with Crippen molar-refractivity contribution in [1.82, 2.24) is 38.3 Å². The van der Waals surface area contributed by atoms with Crippen LogP contribution < -0.4 is 0 Å². The van der Waals surface area contributed by atoms with Crippen LogP contribution in [0.4, 0.5) is 0 Å². The second kappa shape index (κ2) is 19.8. The number of fused-ring (bicyclic) bond motifs is 16. The van der Waals surface area contributed by atoms with E-state index in [1.165, 1.54) is 109 Å². The van der Waals surface area contributed by atoms with E-state index in [-0.39, 0.29) is 5.28 Å². The van der Waals surface area contributed by atoms with E-state index >= 15 is 0 Å². The number of para-hydroxylation sites is 4. The predicted molar refractivity (Wildman–Crippen MR) is 388 cm³/mol. The molecule has 0 fully saturated rings. The topological polar surface area (TPSA) is 81.1 Å². The molecule has 0 unspecified atom stereocenters. The second-order valence-electron chi connectivity index (χ2n) is 24.1. The van der Waals surface area contributed by atoms with Gasteiger partial charge in [0.1, 0.15) is 16.8 Å². The van der Waals surface area contributed by atoms with Gasteiger partial charge in [-0.2, -0.15) is 0 Å². The maximum Gasteiger partial charge on any atom is 0.235 e. The van der Waals surface area contributed by atoms with Gasteiger partial charge in [0.15, 0.2) is 0 Å². The maximum atomic E-state index is 6.15. The van der Waals surface area contributed by atoms with Gasteiger partial charge in [0, 0.05) is 75.8 Å². The molecule has 8 aromatic heterocycles. The van der Waals surface area contributed by atoms with Crippen LogP contribution in [0.2, 0.25) is 5.28 Å². The molecule has 0 amide bonds. The predicted octanol–water partition coefficient (Wildman–Crippen LogP) is 22.1. The lowest BCUT2D eigenvalue weighted by Gasteiger charge is -2.13. The summed E-state index contributed by atoms with van der Waals surface area (Å²) in [5.74, 6) is 0.674. The van der Waals surface area contributed by atoms with Crippen molar-refractivity contribution in [2.45, 2.75) is 0 Å². The Bertz CT molecular complexity index is 6820. The number of hydrogen-bond acceptors (Lipinski definition) is 4. The Kier molecular flexibility index (Phi) is 11.0. The molecule has 0 saturated heterocycles. The zero-order chi connectivity index (χ0) is 61.0. The van der Waals surface area contributed by atoms with Crippen molar-refractivity contribution in [1.29, 1.82) is 0 Å². The van der Waals surface area contributed by atoms with E-state index in [0.717, 1.165) is 77.0 Å². The Morgan fingerprint density at radius 1 is 0.301 bits per heavy atom. The van der Waals surface area contributed by atoms with Gasteiger partial charge in [0.05, 0.1) is 89.6 Å². The molecule has 14 aromatic carbocycles. The summed E-state index contributed by atoms with van der Waals surface area (Å²) >= 11 is 6.15. The number of halogens is 1. The summed E-state index contributed by atoms with van der Waals surface area (Å²) in [7, 11) is 0. The third-order valence-electron chi connectivity index (χ3n) is 19.2. The Hall–Kier alpha value is -12.3. The molecule has 22 aromatic rings. The highest BCUT2D eigenvalue weighted by atomic mass is 35.5. The van der Waals surface area contributed by atoms with Gasteiger partial charge >= 0.3 is 0 Å². The van der Waals surface area contributed by atoms with Gasteiger partial charge < -0.3 is 13.8 Å².